The van der Waals surface area contributed by atoms with Gasteiger partial charge in [0.2, 0.25) is 0 Å². The minimum absolute atomic E-state index is 0.150. The number of unbranched alkanes of at least 4 members (excludes halogenated alkanes) is 1. The number of benzene rings is 2. The van der Waals surface area contributed by atoms with Crippen molar-refractivity contribution in [3.05, 3.63) is 71.3 Å². The summed E-state index contributed by atoms with van der Waals surface area (Å²) in [6.07, 6.45) is 3.69. The Morgan fingerprint density at radius 1 is 0.923 bits per heavy atom. The fourth-order valence-electron chi connectivity index (χ4n) is 2.77. The van der Waals surface area contributed by atoms with Gasteiger partial charge >= 0.3 is 0 Å². The van der Waals surface area contributed by atoms with Crippen LogP contribution >= 0.6 is 0 Å². The molecule has 0 unspecified atom stereocenters. The topological polar surface area (TPSA) is 43.4 Å². The lowest BCUT2D eigenvalue weighted by Crippen LogP contribution is -2.17. The number of carbonyl (C=O) groups is 2. The van der Waals surface area contributed by atoms with E-state index in [0.717, 1.165) is 18.4 Å². The van der Waals surface area contributed by atoms with Crippen molar-refractivity contribution in [1.82, 2.24) is 0 Å². The summed E-state index contributed by atoms with van der Waals surface area (Å²) in [7, 11) is 5.47. The van der Waals surface area contributed by atoms with Gasteiger partial charge in [-0.3, -0.25) is 9.59 Å². The Balaban J connectivity index is 0.00000117. The number of ether oxygens (including phenoxy) is 1. The molecular weight excluding hydrogens is 323 g/mol. The number of carbonyl (C=O) groups excluding carboxylic acids is 2. The van der Waals surface area contributed by atoms with Crippen molar-refractivity contribution in [1.29, 1.82) is 0 Å². The van der Waals surface area contributed by atoms with E-state index in [1.54, 1.807) is 18.2 Å². The summed E-state index contributed by atoms with van der Waals surface area (Å²) in [6.45, 7) is 4.48. The van der Waals surface area contributed by atoms with Gasteiger partial charge in [-0.1, -0.05) is 69.1 Å². The van der Waals surface area contributed by atoms with E-state index in [0.29, 0.717) is 35.4 Å². The van der Waals surface area contributed by atoms with E-state index in [2.05, 4.69) is 0 Å². The summed E-state index contributed by atoms with van der Waals surface area (Å²) < 4.78 is 5.71. The minimum Gasteiger partial charge on any atom is -0.493 e. The fraction of sp³-hybridized carbons (Fsp3) is 0.273. The van der Waals surface area contributed by atoms with Crippen molar-refractivity contribution in [2.45, 2.75) is 33.0 Å². The average Bonchev–Trinajstić information content (AvgIpc) is 2.70. The first kappa shape index (κ1) is 19.7. The second-order valence-electron chi connectivity index (χ2n) is 5.64. The van der Waals surface area contributed by atoms with Gasteiger partial charge < -0.3 is 4.74 Å². The molecule has 0 N–H and O–H groups in total. The van der Waals surface area contributed by atoms with Crippen molar-refractivity contribution in [3.63, 3.8) is 0 Å². The molecule has 0 spiro atoms. The second-order valence-corrected chi connectivity index (χ2v) is 5.64. The molecule has 0 aliphatic heterocycles. The molecule has 132 valence electrons. The number of allylic oxidation sites excluding steroid dienone is 2. The van der Waals surface area contributed by atoms with Gasteiger partial charge in [0.05, 0.1) is 20.0 Å². The standard InChI is InChI=1S/C20H17BO3.C2H6/c21-11-4-5-12-24-18-10-6-9-15-19(18)17(22)13-16(20(15)23)14-7-2-1-3-8-14;1-2/h1-3,6-10,13H,4-5,11-12H2;1-2H3. The molecule has 0 amide bonds. The summed E-state index contributed by atoms with van der Waals surface area (Å²) in [6, 6.07) is 14.4. The summed E-state index contributed by atoms with van der Waals surface area (Å²) in [4.78, 5) is 25.4. The van der Waals surface area contributed by atoms with E-state index in [1.165, 1.54) is 6.08 Å². The number of rotatable bonds is 6. The normalized spacial score (nSPS) is 12.6. The van der Waals surface area contributed by atoms with Crippen molar-refractivity contribution in [3.8, 4) is 5.75 Å². The Kier molecular flexibility index (Phi) is 7.40. The van der Waals surface area contributed by atoms with Gasteiger partial charge in [-0.15, -0.1) is 0 Å². The molecular formula is C22H23BO3. The lowest BCUT2D eigenvalue weighted by atomic mass is 9.86. The zero-order chi connectivity index (χ0) is 18.9. The molecule has 0 atom stereocenters. The second kappa shape index (κ2) is 9.76. The van der Waals surface area contributed by atoms with Gasteiger partial charge in [0.15, 0.2) is 11.6 Å². The van der Waals surface area contributed by atoms with Crippen molar-refractivity contribution < 1.29 is 14.3 Å². The lowest BCUT2D eigenvalue weighted by Gasteiger charge is -2.18. The zero-order valence-corrected chi connectivity index (χ0v) is 15.3. The average molecular weight is 346 g/mol. The first-order valence-electron chi connectivity index (χ1n) is 9.04. The maximum atomic E-state index is 12.8. The largest absolute Gasteiger partial charge is 0.493 e. The number of hydrogen-bond donors (Lipinski definition) is 0. The maximum absolute atomic E-state index is 12.8. The van der Waals surface area contributed by atoms with Crippen LogP contribution in [0.25, 0.3) is 5.57 Å². The smallest absolute Gasteiger partial charge is 0.194 e. The van der Waals surface area contributed by atoms with Crippen LogP contribution in [-0.4, -0.2) is 26.0 Å². The molecule has 26 heavy (non-hydrogen) atoms. The molecule has 0 saturated carbocycles. The number of Topliss-reactive ketones (excluding diaryl/α,β-unsaturated/α-hetero) is 1. The third kappa shape index (κ3) is 4.31. The molecule has 0 heterocycles. The molecule has 3 rings (SSSR count). The maximum Gasteiger partial charge on any atom is 0.194 e. The van der Waals surface area contributed by atoms with E-state index in [-0.39, 0.29) is 11.6 Å². The predicted molar refractivity (Wildman–Crippen MR) is 106 cm³/mol. The van der Waals surface area contributed by atoms with Crippen LogP contribution in [0.1, 0.15) is 53.0 Å². The fourth-order valence-corrected chi connectivity index (χ4v) is 2.77. The number of fused-ring (bicyclic) bond motifs is 1. The predicted octanol–water partition coefficient (Wildman–Crippen LogP) is 4.92. The first-order chi connectivity index (χ1) is 12.7. The third-order valence-corrected chi connectivity index (χ3v) is 3.98. The van der Waals surface area contributed by atoms with E-state index >= 15 is 0 Å². The lowest BCUT2D eigenvalue weighted by molar-refractivity contribution is 0.0998. The van der Waals surface area contributed by atoms with Crippen LogP contribution in [0.15, 0.2) is 54.6 Å². The van der Waals surface area contributed by atoms with Gasteiger partial charge in [-0.2, -0.15) is 0 Å². The van der Waals surface area contributed by atoms with Crippen LogP contribution in [0.3, 0.4) is 0 Å². The molecule has 0 bridgehead atoms. The van der Waals surface area contributed by atoms with Crippen LogP contribution in [0, 0.1) is 0 Å². The Bertz CT molecular complexity index is 794. The molecule has 0 fully saturated rings. The third-order valence-electron chi connectivity index (χ3n) is 3.98. The Morgan fingerprint density at radius 2 is 1.65 bits per heavy atom. The van der Waals surface area contributed by atoms with E-state index in [1.807, 2.05) is 44.2 Å². The van der Waals surface area contributed by atoms with Crippen LogP contribution < -0.4 is 4.74 Å². The van der Waals surface area contributed by atoms with Crippen LogP contribution in [0.2, 0.25) is 6.32 Å². The summed E-state index contributed by atoms with van der Waals surface area (Å²) >= 11 is 0. The van der Waals surface area contributed by atoms with Crippen LogP contribution in [-0.2, 0) is 0 Å². The first-order valence-corrected chi connectivity index (χ1v) is 9.04. The molecule has 0 saturated heterocycles. The van der Waals surface area contributed by atoms with Crippen molar-refractivity contribution in [2.24, 2.45) is 0 Å². The van der Waals surface area contributed by atoms with E-state index in [9.17, 15) is 9.59 Å². The molecule has 3 nitrogen and oxygen atoms in total. The Morgan fingerprint density at radius 3 is 2.35 bits per heavy atom. The van der Waals surface area contributed by atoms with Gasteiger partial charge in [-0.25, -0.2) is 0 Å². The summed E-state index contributed by atoms with van der Waals surface area (Å²) in [5, 5.41) is 0. The zero-order valence-electron chi connectivity index (χ0n) is 15.3. The summed E-state index contributed by atoms with van der Waals surface area (Å²) in [5.74, 6) is 0.118. The van der Waals surface area contributed by atoms with Crippen LogP contribution in [0.4, 0.5) is 0 Å². The minimum atomic E-state index is -0.196. The van der Waals surface area contributed by atoms with Crippen molar-refractivity contribution >= 4 is 25.0 Å². The molecule has 2 aromatic rings. The molecule has 1 aliphatic carbocycles. The highest BCUT2D eigenvalue weighted by Gasteiger charge is 2.29. The van der Waals surface area contributed by atoms with Gasteiger partial charge in [0, 0.05) is 11.1 Å². The van der Waals surface area contributed by atoms with E-state index in [4.69, 9.17) is 12.6 Å². The highest BCUT2D eigenvalue weighted by molar-refractivity contribution is 6.39. The van der Waals surface area contributed by atoms with Crippen molar-refractivity contribution in [2.75, 3.05) is 6.61 Å². The number of ketones is 2. The molecule has 0 aromatic heterocycles. The quantitative estimate of drug-likeness (QED) is 0.551. The van der Waals surface area contributed by atoms with E-state index < -0.39 is 0 Å². The monoisotopic (exact) mass is 346 g/mol. The van der Waals surface area contributed by atoms with Gasteiger partial charge in [0.25, 0.3) is 0 Å². The molecule has 4 heteroatoms. The summed E-state index contributed by atoms with van der Waals surface area (Å²) in [5.41, 5.74) is 1.93. The Labute approximate surface area is 156 Å². The highest BCUT2D eigenvalue weighted by Crippen LogP contribution is 2.33. The highest BCUT2D eigenvalue weighted by atomic mass is 16.5. The van der Waals surface area contributed by atoms with Crippen LogP contribution in [0.5, 0.6) is 5.75 Å². The Hall–Kier alpha value is -2.62. The SMILES string of the molecule is CC.[B]CCCCOc1cccc2c1C(=O)C=C(c1ccccc1)C2=O. The molecule has 1 aliphatic rings. The molecule has 2 aromatic carbocycles. The van der Waals surface area contributed by atoms with Gasteiger partial charge in [-0.05, 0) is 24.1 Å². The molecule has 2 radical (unpaired) electrons. The number of hydrogen-bond acceptors (Lipinski definition) is 3. The van der Waals surface area contributed by atoms with Gasteiger partial charge in [0.1, 0.15) is 5.75 Å².